The maximum atomic E-state index is 12.9. The smallest absolute Gasteiger partial charge is 0.356 e. The van der Waals surface area contributed by atoms with Crippen LogP contribution in [0.5, 0.6) is 0 Å². The molecule has 0 saturated carbocycles. The zero-order valence-corrected chi connectivity index (χ0v) is 10.2. The van der Waals surface area contributed by atoms with Gasteiger partial charge in [0, 0.05) is 19.3 Å². The molecule has 2 rings (SSSR count). The van der Waals surface area contributed by atoms with Gasteiger partial charge < -0.3 is 10.2 Å². The number of pyridine rings is 1. The van der Waals surface area contributed by atoms with Gasteiger partial charge in [-0.1, -0.05) is 0 Å². The van der Waals surface area contributed by atoms with Crippen LogP contribution in [-0.2, 0) is 6.18 Å². The lowest BCUT2D eigenvalue weighted by Crippen LogP contribution is -2.27. The third-order valence-electron chi connectivity index (χ3n) is 3.17. The monoisotopic (exact) mass is 259 g/mol. The SMILES string of the molecule is CNCC1CCN(c2ncccc2C(F)(F)F)C1. The van der Waals surface area contributed by atoms with Gasteiger partial charge in [-0.2, -0.15) is 13.2 Å². The largest absolute Gasteiger partial charge is 0.419 e. The minimum absolute atomic E-state index is 0.0589. The van der Waals surface area contributed by atoms with Crippen LogP contribution in [0, 0.1) is 5.92 Å². The summed E-state index contributed by atoms with van der Waals surface area (Å²) in [6.07, 6.45) is -2.03. The second kappa shape index (κ2) is 5.14. The van der Waals surface area contributed by atoms with Crippen molar-refractivity contribution in [3.8, 4) is 0 Å². The highest BCUT2D eigenvalue weighted by molar-refractivity contribution is 5.49. The Morgan fingerprint density at radius 2 is 2.28 bits per heavy atom. The van der Waals surface area contributed by atoms with Gasteiger partial charge in [0.25, 0.3) is 0 Å². The van der Waals surface area contributed by atoms with Gasteiger partial charge >= 0.3 is 6.18 Å². The van der Waals surface area contributed by atoms with Gasteiger partial charge in [0.1, 0.15) is 5.82 Å². The van der Waals surface area contributed by atoms with Crippen molar-refractivity contribution < 1.29 is 13.2 Å². The molecule has 1 aliphatic rings. The summed E-state index contributed by atoms with van der Waals surface area (Å²) in [5, 5.41) is 3.06. The Balaban J connectivity index is 2.19. The summed E-state index contributed by atoms with van der Waals surface area (Å²) < 4.78 is 38.6. The average molecular weight is 259 g/mol. The molecule has 1 saturated heterocycles. The van der Waals surface area contributed by atoms with E-state index in [4.69, 9.17) is 0 Å². The van der Waals surface area contributed by atoms with E-state index in [-0.39, 0.29) is 5.82 Å². The maximum absolute atomic E-state index is 12.9. The van der Waals surface area contributed by atoms with Crippen LogP contribution in [0.1, 0.15) is 12.0 Å². The predicted molar refractivity (Wildman–Crippen MR) is 63.5 cm³/mol. The van der Waals surface area contributed by atoms with E-state index in [9.17, 15) is 13.2 Å². The van der Waals surface area contributed by atoms with Crippen LogP contribution in [0.15, 0.2) is 18.3 Å². The van der Waals surface area contributed by atoms with Crippen molar-refractivity contribution in [2.45, 2.75) is 12.6 Å². The number of alkyl halides is 3. The summed E-state index contributed by atoms with van der Waals surface area (Å²) in [5.74, 6) is 0.446. The summed E-state index contributed by atoms with van der Waals surface area (Å²) in [5.41, 5.74) is -0.643. The highest BCUT2D eigenvalue weighted by Crippen LogP contribution is 2.36. The summed E-state index contributed by atoms with van der Waals surface area (Å²) in [6, 6.07) is 2.42. The fourth-order valence-electron chi connectivity index (χ4n) is 2.35. The number of hydrogen-bond acceptors (Lipinski definition) is 3. The second-order valence-electron chi connectivity index (χ2n) is 4.53. The Labute approximate surface area is 104 Å². The second-order valence-corrected chi connectivity index (χ2v) is 4.53. The number of aromatic nitrogens is 1. The predicted octanol–water partition coefficient (Wildman–Crippen LogP) is 2.15. The van der Waals surface area contributed by atoms with Crippen molar-refractivity contribution in [3.63, 3.8) is 0 Å². The lowest BCUT2D eigenvalue weighted by Gasteiger charge is -2.21. The van der Waals surface area contributed by atoms with Crippen LogP contribution in [0.25, 0.3) is 0 Å². The lowest BCUT2D eigenvalue weighted by molar-refractivity contribution is -0.137. The Morgan fingerprint density at radius 1 is 1.50 bits per heavy atom. The molecule has 1 unspecified atom stereocenters. The summed E-state index contributed by atoms with van der Waals surface area (Å²) in [4.78, 5) is 5.63. The molecule has 100 valence electrons. The van der Waals surface area contributed by atoms with Crippen LogP contribution in [0.3, 0.4) is 0 Å². The molecular weight excluding hydrogens is 243 g/mol. The first-order valence-corrected chi connectivity index (χ1v) is 5.94. The molecule has 1 N–H and O–H groups in total. The van der Waals surface area contributed by atoms with Crippen molar-refractivity contribution in [2.75, 3.05) is 31.6 Å². The Hall–Kier alpha value is -1.30. The van der Waals surface area contributed by atoms with Crippen LogP contribution >= 0.6 is 0 Å². The number of anilines is 1. The van der Waals surface area contributed by atoms with Crippen molar-refractivity contribution in [1.82, 2.24) is 10.3 Å². The minimum Gasteiger partial charge on any atom is -0.356 e. The topological polar surface area (TPSA) is 28.2 Å². The zero-order valence-electron chi connectivity index (χ0n) is 10.2. The number of nitrogens with zero attached hydrogens (tertiary/aromatic N) is 2. The molecular formula is C12H16F3N3. The molecule has 1 aliphatic heterocycles. The fourth-order valence-corrected chi connectivity index (χ4v) is 2.35. The van der Waals surface area contributed by atoms with E-state index >= 15 is 0 Å². The molecule has 6 heteroatoms. The molecule has 1 aromatic rings. The molecule has 18 heavy (non-hydrogen) atoms. The van der Waals surface area contributed by atoms with E-state index in [2.05, 4.69) is 10.3 Å². The van der Waals surface area contributed by atoms with E-state index in [1.54, 1.807) is 4.90 Å². The average Bonchev–Trinajstić information content (AvgIpc) is 2.77. The van der Waals surface area contributed by atoms with Crippen molar-refractivity contribution >= 4 is 5.82 Å². The van der Waals surface area contributed by atoms with Crippen molar-refractivity contribution in [2.24, 2.45) is 5.92 Å². The van der Waals surface area contributed by atoms with Gasteiger partial charge in [-0.25, -0.2) is 4.98 Å². The van der Waals surface area contributed by atoms with Gasteiger partial charge in [-0.05, 0) is 38.1 Å². The first-order valence-electron chi connectivity index (χ1n) is 5.94. The van der Waals surface area contributed by atoms with Crippen LogP contribution in [0.4, 0.5) is 19.0 Å². The van der Waals surface area contributed by atoms with Gasteiger partial charge in [-0.3, -0.25) is 0 Å². The molecule has 1 fully saturated rings. The van der Waals surface area contributed by atoms with Crippen LogP contribution in [0.2, 0.25) is 0 Å². The normalized spacial score (nSPS) is 20.4. The van der Waals surface area contributed by atoms with Crippen molar-refractivity contribution in [3.05, 3.63) is 23.9 Å². The van der Waals surface area contributed by atoms with Crippen LogP contribution in [-0.4, -0.2) is 31.7 Å². The summed E-state index contributed by atoms with van der Waals surface area (Å²) in [7, 11) is 1.85. The molecule has 0 amide bonds. The molecule has 0 aliphatic carbocycles. The van der Waals surface area contributed by atoms with Gasteiger partial charge in [0.2, 0.25) is 0 Å². The third-order valence-corrected chi connectivity index (χ3v) is 3.17. The number of rotatable bonds is 3. The van der Waals surface area contributed by atoms with E-state index in [1.807, 2.05) is 7.05 Å². The molecule has 1 atom stereocenters. The zero-order chi connectivity index (χ0) is 13.2. The number of halogens is 3. The minimum atomic E-state index is -4.34. The molecule has 0 radical (unpaired) electrons. The van der Waals surface area contributed by atoms with Crippen LogP contribution < -0.4 is 10.2 Å². The first kappa shape index (κ1) is 13.1. The maximum Gasteiger partial charge on any atom is 0.419 e. The third kappa shape index (κ3) is 2.75. The Kier molecular flexibility index (Phi) is 3.75. The molecule has 2 heterocycles. The van der Waals surface area contributed by atoms with E-state index in [0.29, 0.717) is 19.0 Å². The molecule has 0 bridgehead atoms. The van der Waals surface area contributed by atoms with E-state index < -0.39 is 11.7 Å². The van der Waals surface area contributed by atoms with Gasteiger partial charge in [0.15, 0.2) is 0 Å². The van der Waals surface area contributed by atoms with E-state index in [1.165, 1.54) is 12.3 Å². The molecule has 0 spiro atoms. The molecule has 3 nitrogen and oxygen atoms in total. The quantitative estimate of drug-likeness (QED) is 0.901. The molecule has 1 aromatic heterocycles. The van der Waals surface area contributed by atoms with E-state index in [0.717, 1.165) is 19.0 Å². The van der Waals surface area contributed by atoms with Crippen molar-refractivity contribution in [1.29, 1.82) is 0 Å². The lowest BCUT2D eigenvalue weighted by atomic mass is 10.1. The summed E-state index contributed by atoms with van der Waals surface area (Å²) >= 11 is 0. The van der Waals surface area contributed by atoms with Gasteiger partial charge in [0.05, 0.1) is 5.56 Å². The Morgan fingerprint density at radius 3 is 2.94 bits per heavy atom. The van der Waals surface area contributed by atoms with Gasteiger partial charge in [-0.15, -0.1) is 0 Å². The summed E-state index contributed by atoms with van der Waals surface area (Å²) in [6.45, 7) is 2.08. The standard InChI is InChI=1S/C12H16F3N3/c1-16-7-9-4-6-18(8-9)11-10(12(13,14)15)3-2-5-17-11/h2-3,5,9,16H,4,6-8H2,1H3. The number of hydrogen-bond donors (Lipinski definition) is 1. The highest BCUT2D eigenvalue weighted by Gasteiger charge is 2.37. The first-order chi connectivity index (χ1) is 8.52. The number of nitrogens with one attached hydrogen (secondary N) is 1. The highest BCUT2D eigenvalue weighted by atomic mass is 19.4. The molecule has 0 aromatic carbocycles. The fraction of sp³-hybridized carbons (Fsp3) is 0.583. The Bertz CT molecular complexity index is 406.